The number of nitrogens with zero attached hydrogens (tertiary/aromatic N) is 2. The van der Waals surface area contributed by atoms with Crippen molar-refractivity contribution in [2.45, 2.75) is 32.4 Å². The van der Waals surface area contributed by atoms with Crippen LogP contribution in [0.5, 0.6) is 11.5 Å². The van der Waals surface area contributed by atoms with Gasteiger partial charge in [-0.25, -0.2) is 9.38 Å². The monoisotopic (exact) mass is 542 g/mol. The average Bonchev–Trinajstić information content (AvgIpc) is 3.29. The molecule has 0 aliphatic carbocycles. The van der Waals surface area contributed by atoms with Crippen molar-refractivity contribution in [3.8, 4) is 11.5 Å². The zero-order chi connectivity index (χ0) is 21.3. The van der Waals surface area contributed by atoms with Gasteiger partial charge in [0, 0.05) is 18.7 Å². The molecule has 0 amide bonds. The molecule has 3 N–H and O–H groups in total. The molecular weight excluding hydrogens is 510 g/mol. The van der Waals surface area contributed by atoms with Crippen LogP contribution in [0.3, 0.4) is 0 Å². The first kappa shape index (κ1) is 25.2. The molecule has 2 aromatic rings. The molecule has 1 fully saturated rings. The molecule has 2 aromatic carbocycles. The van der Waals surface area contributed by atoms with Gasteiger partial charge in [0.25, 0.3) is 0 Å². The van der Waals surface area contributed by atoms with Gasteiger partial charge < -0.3 is 20.5 Å². The summed E-state index contributed by atoms with van der Waals surface area (Å²) in [5, 5.41) is 16.0. The van der Waals surface area contributed by atoms with E-state index < -0.39 is 5.82 Å². The highest BCUT2D eigenvalue weighted by Gasteiger charge is 2.26. The largest absolute Gasteiger partial charge is 0.505 e. The molecule has 3 rings (SSSR count). The van der Waals surface area contributed by atoms with Crippen LogP contribution in [0.1, 0.15) is 36.9 Å². The summed E-state index contributed by atoms with van der Waals surface area (Å²) in [6.45, 7) is 5.84. The van der Waals surface area contributed by atoms with Crippen LogP contribution < -0.4 is 15.4 Å². The van der Waals surface area contributed by atoms with Crippen molar-refractivity contribution < 1.29 is 14.2 Å². The van der Waals surface area contributed by atoms with Crippen LogP contribution in [0.15, 0.2) is 47.5 Å². The number of likely N-dealkylation sites (tertiary alicyclic amines) is 1. The predicted molar refractivity (Wildman–Crippen MR) is 133 cm³/mol. The van der Waals surface area contributed by atoms with E-state index in [1.165, 1.54) is 25.0 Å². The maximum atomic E-state index is 13.6. The fourth-order valence-corrected chi connectivity index (χ4v) is 3.78. The van der Waals surface area contributed by atoms with E-state index in [0.29, 0.717) is 24.6 Å². The van der Waals surface area contributed by atoms with Crippen LogP contribution in [0.2, 0.25) is 0 Å². The molecule has 0 radical (unpaired) electrons. The van der Waals surface area contributed by atoms with E-state index in [-0.39, 0.29) is 35.8 Å². The molecule has 1 aliphatic rings. The molecule has 0 saturated carbocycles. The Morgan fingerprint density at radius 2 is 1.94 bits per heavy atom. The Bertz CT molecular complexity index is 859. The van der Waals surface area contributed by atoms with E-state index in [1.54, 1.807) is 13.2 Å². The standard InChI is InChI=1S/C23H31FN4O2.HI/c1-3-25-23(26-15-17-10-11-21(29)19(24)14-17)27-16-20(28-12-6-7-13-28)18-8-4-5-9-22(18)30-2;/h4-5,8-11,14,20,29H,3,6-7,12-13,15-16H2,1-2H3,(H2,25,26,27);1H. The van der Waals surface area contributed by atoms with Gasteiger partial charge in [0.1, 0.15) is 5.75 Å². The van der Waals surface area contributed by atoms with E-state index in [9.17, 15) is 9.50 Å². The van der Waals surface area contributed by atoms with Crippen LogP contribution in [-0.4, -0.2) is 49.3 Å². The van der Waals surface area contributed by atoms with Crippen LogP contribution in [0.4, 0.5) is 4.39 Å². The van der Waals surface area contributed by atoms with Crippen molar-refractivity contribution >= 4 is 29.9 Å². The Morgan fingerprint density at radius 1 is 1.19 bits per heavy atom. The number of hydrogen-bond acceptors (Lipinski definition) is 4. The second kappa shape index (κ2) is 12.7. The van der Waals surface area contributed by atoms with Gasteiger partial charge in [-0.3, -0.25) is 4.90 Å². The SMILES string of the molecule is CCNC(=NCc1ccc(O)c(F)c1)NCC(c1ccccc1OC)N1CCCC1.I. The van der Waals surface area contributed by atoms with Gasteiger partial charge in [0.2, 0.25) is 0 Å². The molecule has 0 aromatic heterocycles. The third kappa shape index (κ3) is 6.96. The normalized spacial score (nSPS) is 15.3. The van der Waals surface area contributed by atoms with Crippen molar-refractivity contribution in [2.75, 3.05) is 33.3 Å². The molecule has 8 heteroatoms. The summed E-state index contributed by atoms with van der Waals surface area (Å²) in [5.74, 6) is 0.576. The lowest BCUT2D eigenvalue weighted by molar-refractivity contribution is 0.239. The van der Waals surface area contributed by atoms with E-state index in [2.05, 4.69) is 26.6 Å². The van der Waals surface area contributed by atoms with Crippen molar-refractivity contribution in [3.63, 3.8) is 0 Å². The van der Waals surface area contributed by atoms with Gasteiger partial charge in [-0.1, -0.05) is 24.3 Å². The van der Waals surface area contributed by atoms with Crippen LogP contribution in [-0.2, 0) is 6.54 Å². The van der Waals surface area contributed by atoms with Gasteiger partial charge >= 0.3 is 0 Å². The average molecular weight is 542 g/mol. The summed E-state index contributed by atoms with van der Waals surface area (Å²) >= 11 is 0. The van der Waals surface area contributed by atoms with E-state index in [1.807, 2.05) is 25.1 Å². The summed E-state index contributed by atoms with van der Waals surface area (Å²) < 4.78 is 19.2. The fraction of sp³-hybridized carbons (Fsp3) is 0.435. The van der Waals surface area contributed by atoms with Gasteiger partial charge in [0.15, 0.2) is 17.5 Å². The third-order valence-corrected chi connectivity index (χ3v) is 5.32. The number of benzene rings is 2. The minimum absolute atomic E-state index is 0. The number of guanidine groups is 1. The van der Waals surface area contributed by atoms with Gasteiger partial charge in [0.05, 0.1) is 19.7 Å². The quantitative estimate of drug-likeness (QED) is 0.267. The highest BCUT2D eigenvalue weighted by molar-refractivity contribution is 14.0. The Morgan fingerprint density at radius 3 is 2.61 bits per heavy atom. The number of rotatable bonds is 8. The molecule has 0 spiro atoms. The van der Waals surface area contributed by atoms with Crippen molar-refractivity contribution in [1.29, 1.82) is 0 Å². The number of halogens is 2. The Kier molecular flexibility index (Phi) is 10.3. The molecule has 1 saturated heterocycles. The number of hydrogen-bond donors (Lipinski definition) is 3. The maximum Gasteiger partial charge on any atom is 0.191 e. The summed E-state index contributed by atoms with van der Waals surface area (Å²) in [6.07, 6.45) is 2.40. The summed E-state index contributed by atoms with van der Waals surface area (Å²) in [7, 11) is 1.70. The Hall–Kier alpha value is -2.07. The van der Waals surface area contributed by atoms with Crippen molar-refractivity contribution in [2.24, 2.45) is 4.99 Å². The van der Waals surface area contributed by atoms with Crippen molar-refractivity contribution in [1.82, 2.24) is 15.5 Å². The minimum Gasteiger partial charge on any atom is -0.505 e. The van der Waals surface area contributed by atoms with Crippen LogP contribution in [0, 0.1) is 5.82 Å². The zero-order valence-electron chi connectivity index (χ0n) is 18.1. The van der Waals surface area contributed by atoms with E-state index in [0.717, 1.165) is 30.9 Å². The number of ether oxygens (including phenoxy) is 1. The Labute approximate surface area is 200 Å². The molecule has 1 heterocycles. The lowest BCUT2D eigenvalue weighted by Gasteiger charge is -2.30. The number of phenolic OH excluding ortho intramolecular Hbond substituents is 1. The van der Waals surface area contributed by atoms with E-state index >= 15 is 0 Å². The molecule has 1 atom stereocenters. The second-order valence-corrected chi connectivity index (χ2v) is 7.36. The summed E-state index contributed by atoms with van der Waals surface area (Å²) in [4.78, 5) is 7.06. The molecule has 1 unspecified atom stereocenters. The number of aliphatic imine (C=N–C) groups is 1. The number of para-hydroxylation sites is 1. The smallest absolute Gasteiger partial charge is 0.191 e. The fourth-order valence-electron chi connectivity index (χ4n) is 3.78. The third-order valence-electron chi connectivity index (χ3n) is 5.32. The lowest BCUT2D eigenvalue weighted by atomic mass is 10.0. The minimum atomic E-state index is -0.633. The molecule has 0 bridgehead atoms. The highest BCUT2D eigenvalue weighted by atomic mass is 127. The number of nitrogens with one attached hydrogen (secondary N) is 2. The first-order valence-corrected chi connectivity index (χ1v) is 10.5. The molecule has 6 nitrogen and oxygen atoms in total. The Balaban J connectivity index is 0.00000341. The first-order valence-electron chi connectivity index (χ1n) is 10.5. The maximum absolute atomic E-state index is 13.6. The second-order valence-electron chi connectivity index (χ2n) is 7.36. The highest BCUT2D eigenvalue weighted by Crippen LogP contribution is 2.31. The lowest BCUT2D eigenvalue weighted by Crippen LogP contribution is -2.42. The number of aromatic hydroxyl groups is 1. The van der Waals surface area contributed by atoms with E-state index in [4.69, 9.17) is 4.74 Å². The zero-order valence-corrected chi connectivity index (χ0v) is 20.4. The van der Waals surface area contributed by atoms with Gasteiger partial charge in [-0.2, -0.15) is 0 Å². The molecule has 31 heavy (non-hydrogen) atoms. The van der Waals surface area contributed by atoms with Gasteiger partial charge in [-0.05, 0) is 56.6 Å². The predicted octanol–water partition coefficient (Wildman–Crippen LogP) is 4.05. The summed E-state index contributed by atoms with van der Waals surface area (Å²) in [5.41, 5.74) is 1.86. The van der Waals surface area contributed by atoms with Crippen LogP contribution in [0.25, 0.3) is 0 Å². The topological polar surface area (TPSA) is 69.1 Å². The number of methoxy groups -OCH3 is 1. The van der Waals surface area contributed by atoms with Crippen LogP contribution >= 0.6 is 24.0 Å². The molecule has 1 aliphatic heterocycles. The number of phenols is 1. The van der Waals surface area contributed by atoms with Gasteiger partial charge in [-0.15, -0.1) is 24.0 Å². The first-order chi connectivity index (χ1) is 14.6. The molecular formula is C23H32FIN4O2. The van der Waals surface area contributed by atoms with Crippen molar-refractivity contribution in [3.05, 3.63) is 59.4 Å². The summed E-state index contributed by atoms with van der Waals surface area (Å²) in [6, 6.07) is 12.6. The molecule has 170 valence electrons.